The van der Waals surface area contributed by atoms with Crippen LogP contribution in [0.3, 0.4) is 0 Å². The van der Waals surface area contributed by atoms with Gasteiger partial charge in [0.2, 0.25) is 0 Å². The van der Waals surface area contributed by atoms with Crippen LogP contribution in [0.2, 0.25) is 10.3 Å². The Labute approximate surface area is 159 Å². The molecule has 0 atom stereocenters. The van der Waals surface area contributed by atoms with E-state index in [-0.39, 0.29) is 15.2 Å². The summed E-state index contributed by atoms with van der Waals surface area (Å²) in [4.78, 5) is 8.57. The van der Waals surface area contributed by atoms with Crippen molar-refractivity contribution in [2.45, 2.75) is 14.9 Å². The van der Waals surface area contributed by atoms with Crippen molar-refractivity contribution in [1.29, 1.82) is 0 Å². The number of benzene rings is 1. The van der Waals surface area contributed by atoms with Crippen LogP contribution in [0.15, 0.2) is 63.7 Å². The molecule has 0 saturated carbocycles. The van der Waals surface area contributed by atoms with E-state index in [1.807, 2.05) is 23.9 Å². The average molecular weight is 415 g/mol. The molecule has 0 aliphatic heterocycles. The molecule has 0 saturated heterocycles. The number of rotatable bonds is 5. The second-order valence-corrected chi connectivity index (χ2v) is 8.35. The molecule has 6 nitrogen and oxygen atoms in total. The first-order valence-corrected chi connectivity index (χ1v) is 10.0. The highest BCUT2D eigenvalue weighted by molar-refractivity contribution is 7.99. The number of aromatic nitrogens is 3. The van der Waals surface area contributed by atoms with Gasteiger partial charge < -0.3 is 4.57 Å². The maximum absolute atomic E-state index is 12.6. The lowest BCUT2D eigenvalue weighted by molar-refractivity contribution is 0.601. The van der Waals surface area contributed by atoms with E-state index in [4.69, 9.17) is 23.2 Å². The summed E-state index contributed by atoms with van der Waals surface area (Å²) in [5.41, 5.74) is 0.418. The van der Waals surface area contributed by atoms with E-state index in [9.17, 15) is 8.42 Å². The fourth-order valence-electron chi connectivity index (χ4n) is 1.99. The molecule has 0 fully saturated rings. The summed E-state index contributed by atoms with van der Waals surface area (Å²) >= 11 is 13.0. The highest BCUT2D eigenvalue weighted by atomic mass is 35.5. The smallest absolute Gasteiger partial charge is 0.265 e. The monoisotopic (exact) mass is 414 g/mol. The molecule has 130 valence electrons. The van der Waals surface area contributed by atoms with Crippen LogP contribution in [0, 0.1) is 0 Å². The third-order valence-electron chi connectivity index (χ3n) is 3.18. The molecule has 2 aromatic heterocycles. The van der Waals surface area contributed by atoms with Gasteiger partial charge in [0.25, 0.3) is 10.0 Å². The van der Waals surface area contributed by atoms with E-state index in [0.717, 1.165) is 5.16 Å². The lowest BCUT2D eigenvalue weighted by Gasteiger charge is -2.12. The highest BCUT2D eigenvalue weighted by Gasteiger charge is 2.21. The van der Waals surface area contributed by atoms with Crippen LogP contribution in [0.25, 0.3) is 0 Å². The van der Waals surface area contributed by atoms with Crippen LogP contribution in [0.4, 0.5) is 5.69 Å². The number of halogens is 2. The maximum Gasteiger partial charge on any atom is 0.265 e. The molecule has 0 bridgehead atoms. The van der Waals surface area contributed by atoms with Gasteiger partial charge in [0, 0.05) is 24.3 Å². The number of sulfonamides is 1. The van der Waals surface area contributed by atoms with Gasteiger partial charge in [-0.2, -0.15) is 0 Å². The number of para-hydroxylation sites is 1. The molecule has 0 unspecified atom stereocenters. The van der Waals surface area contributed by atoms with E-state index < -0.39 is 10.0 Å². The standard InChI is InChI=1S/C15H12Cl2N4O2S2/c1-21-9-8-18-15(21)24-11-5-3-2-4-10(11)20-25(22,23)12-6-7-13(16)19-14(12)17/h2-9,20H,1H3. The molecule has 2 heterocycles. The number of nitrogens with zero attached hydrogens (tertiary/aromatic N) is 3. The number of nitrogens with one attached hydrogen (secondary N) is 1. The van der Waals surface area contributed by atoms with Gasteiger partial charge in [0.05, 0.1) is 5.69 Å². The number of pyridine rings is 1. The normalized spacial score (nSPS) is 11.5. The summed E-state index contributed by atoms with van der Waals surface area (Å²) in [6, 6.07) is 9.71. The molecule has 3 aromatic rings. The van der Waals surface area contributed by atoms with E-state index >= 15 is 0 Å². The van der Waals surface area contributed by atoms with Crippen LogP contribution in [0.5, 0.6) is 0 Å². The second-order valence-electron chi connectivity index (χ2n) is 4.95. The van der Waals surface area contributed by atoms with Crippen molar-refractivity contribution >= 4 is 50.7 Å². The zero-order valence-electron chi connectivity index (χ0n) is 12.8. The fraction of sp³-hybridized carbons (Fsp3) is 0.0667. The molecule has 0 aliphatic carbocycles. The maximum atomic E-state index is 12.6. The number of aryl methyl sites for hydroxylation is 1. The fourth-order valence-corrected chi connectivity index (χ4v) is 4.69. The first kappa shape index (κ1) is 18.1. The van der Waals surface area contributed by atoms with Gasteiger partial charge in [0.15, 0.2) is 10.3 Å². The van der Waals surface area contributed by atoms with Crippen molar-refractivity contribution in [1.82, 2.24) is 14.5 Å². The van der Waals surface area contributed by atoms with Crippen molar-refractivity contribution in [2.75, 3.05) is 4.72 Å². The topological polar surface area (TPSA) is 76.9 Å². The average Bonchev–Trinajstić information content (AvgIpc) is 2.93. The molecule has 25 heavy (non-hydrogen) atoms. The molecule has 0 amide bonds. The van der Waals surface area contributed by atoms with Crippen molar-refractivity contribution in [3.8, 4) is 0 Å². The van der Waals surface area contributed by atoms with Crippen LogP contribution in [0.1, 0.15) is 0 Å². The number of anilines is 1. The van der Waals surface area contributed by atoms with Gasteiger partial charge in [-0.25, -0.2) is 18.4 Å². The number of imidazole rings is 1. The Morgan fingerprint density at radius 2 is 1.92 bits per heavy atom. The Morgan fingerprint density at radius 3 is 2.60 bits per heavy atom. The van der Waals surface area contributed by atoms with Gasteiger partial charge in [-0.3, -0.25) is 4.72 Å². The van der Waals surface area contributed by atoms with Gasteiger partial charge in [0.1, 0.15) is 10.0 Å². The van der Waals surface area contributed by atoms with Crippen LogP contribution >= 0.6 is 35.0 Å². The van der Waals surface area contributed by atoms with E-state index in [1.165, 1.54) is 23.9 Å². The molecular formula is C15H12Cl2N4O2S2. The Morgan fingerprint density at radius 1 is 1.16 bits per heavy atom. The lowest BCUT2D eigenvalue weighted by Crippen LogP contribution is -2.14. The largest absolute Gasteiger partial charge is 0.329 e. The van der Waals surface area contributed by atoms with Crippen molar-refractivity contribution < 1.29 is 8.42 Å². The summed E-state index contributed by atoms with van der Waals surface area (Å²) in [7, 11) is -2.05. The number of hydrogen-bond acceptors (Lipinski definition) is 5. The van der Waals surface area contributed by atoms with Crippen molar-refractivity contribution in [3.05, 3.63) is 59.1 Å². The van der Waals surface area contributed by atoms with Crippen LogP contribution in [-0.2, 0) is 17.1 Å². The molecular weight excluding hydrogens is 403 g/mol. The molecule has 0 aliphatic rings. The molecule has 0 spiro atoms. The molecule has 0 radical (unpaired) electrons. The third-order valence-corrected chi connectivity index (χ3v) is 6.34. The third kappa shape index (κ3) is 4.09. The van der Waals surface area contributed by atoms with E-state index in [1.54, 1.807) is 24.4 Å². The Hall–Kier alpha value is -1.74. The minimum absolute atomic E-state index is 0.120. The quantitative estimate of drug-likeness (QED) is 0.636. The first-order chi connectivity index (χ1) is 11.9. The molecule has 1 N–H and O–H groups in total. The highest BCUT2D eigenvalue weighted by Crippen LogP contribution is 2.34. The summed E-state index contributed by atoms with van der Waals surface area (Å²) < 4.78 is 29.7. The molecule has 3 rings (SSSR count). The Bertz CT molecular complexity index is 1020. The predicted molar refractivity (Wildman–Crippen MR) is 98.8 cm³/mol. The van der Waals surface area contributed by atoms with Gasteiger partial charge in [-0.05, 0) is 36.0 Å². The molecule has 10 heteroatoms. The Kier molecular flexibility index (Phi) is 5.24. The number of hydrogen-bond donors (Lipinski definition) is 1. The van der Waals surface area contributed by atoms with E-state index in [0.29, 0.717) is 10.6 Å². The van der Waals surface area contributed by atoms with Gasteiger partial charge in [-0.1, -0.05) is 35.3 Å². The Balaban J connectivity index is 1.94. The second kappa shape index (κ2) is 7.25. The SMILES string of the molecule is Cn1ccnc1Sc1ccccc1NS(=O)(=O)c1ccc(Cl)nc1Cl. The van der Waals surface area contributed by atoms with Crippen molar-refractivity contribution in [2.24, 2.45) is 7.05 Å². The minimum atomic E-state index is -3.92. The van der Waals surface area contributed by atoms with E-state index in [2.05, 4.69) is 14.7 Å². The van der Waals surface area contributed by atoms with Crippen molar-refractivity contribution in [3.63, 3.8) is 0 Å². The molecule has 1 aromatic carbocycles. The van der Waals surface area contributed by atoms with Crippen LogP contribution < -0.4 is 4.72 Å². The summed E-state index contributed by atoms with van der Waals surface area (Å²) in [6.45, 7) is 0. The van der Waals surface area contributed by atoms with Gasteiger partial charge >= 0.3 is 0 Å². The zero-order valence-corrected chi connectivity index (χ0v) is 16.0. The minimum Gasteiger partial charge on any atom is -0.329 e. The van der Waals surface area contributed by atoms with Crippen LogP contribution in [-0.4, -0.2) is 23.0 Å². The first-order valence-electron chi connectivity index (χ1n) is 6.96. The lowest BCUT2D eigenvalue weighted by atomic mass is 10.3. The van der Waals surface area contributed by atoms with Gasteiger partial charge in [-0.15, -0.1) is 0 Å². The predicted octanol–water partition coefficient (Wildman–Crippen LogP) is 4.07. The summed E-state index contributed by atoms with van der Waals surface area (Å²) in [5, 5.41) is 0.668. The zero-order chi connectivity index (χ0) is 18.0. The summed E-state index contributed by atoms with van der Waals surface area (Å²) in [5.74, 6) is 0. The summed E-state index contributed by atoms with van der Waals surface area (Å²) in [6.07, 6.45) is 3.49.